The van der Waals surface area contributed by atoms with Crippen molar-refractivity contribution in [3.8, 4) is 17.2 Å². The fraction of sp³-hybridized carbons (Fsp3) is 0.128. The van der Waals surface area contributed by atoms with Crippen LogP contribution >= 0.6 is 23.4 Å². The summed E-state index contributed by atoms with van der Waals surface area (Å²) in [5, 5.41) is 1.10. The number of benzene rings is 5. The van der Waals surface area contributed by atoms with Gasteiger partial charge in [-0.25, -0.2) is 4.99 Å². The molecule has 47 heavy (non-hydrogen) atoms. The molecule has 1 saturated heterocycles. The minimum atomic E-state index is -0.175. The number of halogens is 1. The lowest BCUT2D eigenvalue weighted by atomic mass is 10.1. The third-order valence-electron chi connectivity index (χ3n) is 7.48. The second-order valence-electron chi connectivity index (χ2n) is 11.0. The molecule has 0 bridgehead atoms. The fourth-order valence-electron chi connectivity index (χ4n) is 4.92. The van der Waals surface area contributed by atoms with Crippen molar-refractivity contribution in [2.24, 2.45) is 4.99 Å². The lowest BCUT2D eigenvalue weighted by Crippen LogP contribution is -2.28. The summed E-state index contributed by atoms with van der Waals surface area (Å²) in [4.78, 5) is 20.9. The predicted molar refractivity (Wildman–Crippen MR) is 192 cm³/mol. The Kier molecular flexibility index (Phi) is 9.95. The number of methoxy groups -OCH3 is 1. The number of amides is 1. The molecular weight excluding hydrogens is 628 g/mol. The third kappa shape index (κ3) is 7.88. The summed E-state index contributed by atoms with van der Waals surface area (Å²) in [6.45, 7) is 4.75. The Morgan fingerprint density at radius 3 is 2.13 bits per heavy atom. The van der Waals surface area contributed by atoms with Crippen LogP contribution in [0.2, 0.25) is 5.02 Å². The third-order valence-corrected chi connectivity index (χ3v) is 8.68. The van der Waals surface area contributed by atoms with Gasteiger partial charge in [0.25, 0.3) is 5.91 Å². The van der Waals surface area contributed by atoms with Gasteiger partial charge in [0.1, 0.15) is 19.0 Å². The van der Waals surface area contributed by atoms with Crippen molar-refractivity contribution in [2.45, 2.75) is 27.1 Å². The van der Waals surface area contributed by atoms with Crippen LogP contribution in [0.25, 0.3) is 6.08 Å². The van der Waals surface area contributed by atoms with E-state index >= 15 is 0 Å². The minimum absolute atomic E-state index is 0.175. The quantitative estimate of drug-likeness (QED) is 0.140. The first-order valence-electron chi connectivity index (χ1n) is 15.1. The van der Waals surface area contributed by atoms with E-state index in [1.807, 2.05) is 123 Å². The largest absolute Gasteiger partial charge is 0.493 e. The lowest BCUT2D eigenvalue weighted by molar-refractivity contribution is -0.113. The molecule has 1 fully saturated rings. The number of carbonyl (C=O) groups is 1. The van der Waals surface area contributed by atoms with Gasteiger partial charge >= 0.3 is 0 Å². The van der Waals surface area contributed by atoms with E-state index in [2.05, 4.69) is 0 Å². The molecule has 1 heterocycles. The fourth-order valence-corrected chi connectivity index (χ4v) is 6.09. The summed E-state index contributed by atoms with van der Waals surface area (Å²) >= 11 is 7.75. The van der Waals surface area contributed by atoms with Gasteiger partial charge in [0, 0.05) is 10.6 Å². The van der Waals surface area contributed by atoms with Gasteiger partial charge in [0.2, 0.25) is 0 Å². The van der Waals surface area contributed by atoms with E-state index in [-0.39, 0.29) is 12.5 Å². The number of rotatable bonds is 10. The summed E-state index contributed by atoms with van der Waals surface area (Å²) in [5.74, 6) is 1.68. The highest BCUT2D eigenvalue weighted by atomic mass is 35.5. The smallest absolute Gasteiger partial charge is 0.271 e. The monoisotopic (exact) mass is 660 g/mol. The molecule has 1 aliphatic heterocycles. The van der Waals surface area contributed by atoms with Crippen molar-refractivity contribution in [1.82, 2.24) is 0 Å². The average molecular weight is 661 g/mol. The molecule has 6 rings (SSSR count). The number of aliphatic imine (C=N–C) groups is 1. The van der Waals surface area contributed by atoms with Gasteiger partial charge in [-0.3, -0.25) is 9.69 Å². The van der Waals surface area contributed by atoms with Gasteiger partial charge in [0.15, 0.2) is 16.7 Å². The number of carbonyl (C=O) groups excluding carboxylic acids is 1. The summed E-state index contributed by atoms with van der Waals surface area (Å²) in [6.07, 6.45) is 1.81. The zero-order chi connectivity index (χ0) is 32.8. The first-order chi connectivity index (χ1) is 22.9. The first kappa shape index (κ1) is 32.0. The number of anilines is 1. The molecule has 5 aromatic rings. The Morgan fingerprint density at radius 2 is 1.40 bits per heavy atom. The number of hydrogen-bond donors (Lipinski definition) is 0. The van der Waals surface area contributed by atoms with Crippen molar-refractivity contribution >= 4 is 51.9 Å². The second kappa shape index (κ2) is 14.6. The molecule has 1 amide bonds. The molecule has 6 nitrogen and oxygen atoms in total. The molecule has 0 aliphatic carbocycles. The Morgan fingerprint density at radius 1 is 0.745 bits per heavy atom. The summed E-state index contributed by atoms with van der Waals surface area (Å²) in [5.41, 5.74) is 6.40. The van der Waals surface area contributed by atoms with Gasteiger partial charge in [-0.15, -0.1) is 0 Å². The zero-order valence-corrected chi connectivity index (χ0v) is 27.8. The predicted octanol–water partition coefficient (Wildman–Crippen LogP) is 9.93. The number of hydrogen-bond acceptors (Lipinski definition) is 6. The molecule has 0 atom stereocenters. The number of aryl methyl sites for hydroxylation is 2. The van der Waals surface area contributed by atoms with Crippen molar-refractivity contribution in [1.29, 1.82) is 0 Å². The van der Waals surface area contributed by atoms with E-state index in [0.29, 0.717) is 44.5 Å². The molecule has 0 aromatic heterocycles. The van der Waals surface area contributed by atoms with Gasteiger partial charge in [-0.2, -0.15) is 0 Å². The van der Waals surface area contributed by atoms with E-state index in [4.69, 9.17) is 30.8 Å². The van der Waals surface area contributed by atoms with Crippen LogP contribution in [0, 0.1) is 13.8 Å². The molecule has 0 spiro atoms. The maximum Gasteiger partial charge on any atom is 0.271 e. The zero-order valence-electron chi connectivity index (χ0n) is 26.3. The molecule has 236 valence electrons. The molecule has 1 aliphatic rings. The highest BCUT2D eigenvalue weighted by Gasteiger charge is 2.35. The van der Waals surface area contributed by atoms with Crippen molar-refractivity contribution in [2.75, 3.05) is 12.0 Å². The minimum Gasteiger partial charge on any atom is -0.493 e. The van der Waals surface area contributed by atoms with Crippen LogP contribution in [0.3, 0.4) is 0 Å². The standard InChI is InChI=1S/C39H33ClN2O4S/c1-26-9-15-32(16-10-26)41-39-42(33-17-11-27(2)12-18-33)38(43)37(47-39)23-30-22-31(40)14-20-34(30)45-25-29-13-19-35(36(21-29)44-3)46-24-28-7-5-4-6-8-28/h4-23H,24-25H2,1-3H3/b37-23+,41-39?. The maximum absolute atomic E-state index is 13.9. The lowest BCUT2D eigenvalue weighted by Gasteiger charge is -2.16. The van der Waals surface area contributed by atoms with E-state index in [1.54, 1.807) is 24.1 Å². The molecule has 8 heteroatoms. The van der Waals surface area contributed by atoms with E-state index < -0.39 is 0 Å². The molecular formula is C39H33ClN2O4S. The van der Waals surface area contributed by atoms with Crippen LogP contribution in [0.5, 0.6) is 17.2 Å². The van der Waals surface area contributed by atoms with Crippen molar-refractivity contribution < 1.29 is 19.0 Å². The molecule has 5 aromatic carbocycles. The van der Waals surface area contributed by atoms with Crippen LogP contribution in [-0.2, 0) is 18.0 Å². The highest BCUT2D eigenvalue weighted by molar-refractivity contribution is 8.19. The number of ether oxygens (including phenoxy) is 3. The molecule has 0 radical (unpaired) electrons. The highest BCUT2D eigenvalue weighted by Crippen LogP contribution is 2.39. The number of nitrogens with zero attached hydrogens (tertiary/aromatic N) is 2. The SMILES string of the molecule is COc1cc(COc2ccc(Cl)cc2/C=C2/SC(=Nc3ccc(C)cc3)N(c3ccc(C)cc3)C2=O)ccc1OCc1ccccc1. The molecule has 0 N–H and O–H groups in total. The first-order valence-corrected chi connectivity index (χ1v) is 16.3. The Labute approximate surface area is 284 Å². The van der Waals surface area contributed by atoms with Crippen LogP contribution < -0.4 is 19.1 Å². The van der Waals surface area contributed by atoms with Gasteiger partial charge in [-0.1, -0.05) is 83.4 Å². The topological polar surface area (TPSA) is 60.4 Å². The van der Waals surface area contributed by atoms with Gasteiger partial charge in [-0.05, 0) is 97.4 Å². The Hall–Kier alpha value is -4.98. The van der Waals surface area contributed by atoms with E-state index in [0.717, 1.165) is 33.6 Å². The van der Waals surface area contributed by atoms with E-state index in [1.165, 1.54) is 11.8 Å². The Balaban J connectivity index is 1.25. The summed E-state index contributed by atoms with van der Waals surface area (Å²) in [6, 6.07) is 36.8. The summed E-state index contributed by atoms with van der Waals surface area (Å²) < 4.78 is 17.9. The average Bonchev–Trinajstić information content (AvgIpc) is 3.38. The normalized spacial score (nSPS) is 14.6. The number of amidine groups is 1. The van der Waals surface area contributed by atoms with Gasteiger partial charge < -0.3 is 14.2 Å². The number of thioether (sulfide) groups is 1. The van der Waals surface area contributed by atoms with Crippen molar-refractivity contribution in [3.63, 3.8) is 0 Å². The molecule has 0 saturated carbocycles. The van der Waals surface area contributed by atoms with Crippen molar-refractivity contribution in [3.05, 3.63) is 153 Å². The summed E-state index contributed by atoms with van der Waals surface area (Å²) in [7, 11) is 1.62. The Bertz CT molecular complexity index is 1940. The van der Waals surface area contributed by atoms with Crippen LogP contribution in [-0.4, -0.2) is 18.2 Å². The molecule has 0 unspecified atom stereocenters. The second-order valence-corrected chi connectivity index (χ2v) is 12.5. The van der Waals surface area contributed by atoms with Crippen LogP contribution in [0.1, 0.15) is 27.8 Å². The van der Waals surface area contributed by atoms with Crippen LogP contribution in [0.15, 0.2) is 125 Å². The maximum atomic E-state index is 13.9. The van der Waals surface area contributed by atoms with Crippen LogP contribution in [0.4, 0.5) is 11.4 Å². The van der Waals surface area contributed by atoms with Gasteiger partial charge in [0.05, 0.1) is 23.4 Å². The van der Waals surface area contributed by atoms with E-state index in [9.17, 15) is 4.79 Å².